The highest BCUT2D eigenvalue weighted by molar-refractivity contribution is 8.00. The number of carbonyl (C=O) groups excluding carboxylic acids is 1. The summed E-state index contributed by atoms with van der Waals surface area (Å²) >= 11 is 1.91. The van der Waals surface area contributed by atoms with Crippen LogP contribution >= 0.6 is 11.8 Å². The molecule has 0 N–H and O–H groups in total. The van der Waals surface area contributed by atoms with Gasteiger partial charge in [0.05, 0.1) is 0 Å². The molecule has 0 aromatic heterocycles. The van der Waals surface area contributed by atoms with Crippen LogP contribution in [0.3, 0.4) is 0 Å². The van der Waals surface area contributed by atoms with Crippen molar-refractivity contribution < 1.29 is 4.79 Å². The van der Waals surface area contributed by atoms with Crippen LogP contribution in [0.4, 0.5) is 0 Å². The normalized spacial score (nSPS) is 25.3. The summed E-state index contributed by atoms with van der Waals surface area (Å²) in [7, 11) is 1.88. The lowest BCUT2D eigenvalue weighted by Gasteiger charge is -2.11. The van der Waals surface area contributed by atoms with Gasteiger partial charge >= 0.3 is 0 Å². The maximum atomic E-state index is 11.1. The zero-order valence-corrected chi connectivity index (χ0v) is 8.15. The molecule has 0 aliphatic carbocycles. The van der Waals surface area contributed by atoms with Crippen LogP contribution in [-0.2, 0) is 4.79 Å². The van der Waals surface area contributed by atoms with Gasteiger partial charge in [-0.3, -0.25) is 4.79 Å². The molecule has 0 saturated carbocycles. The van der Waals surface area contributed by atoms with Crippen LogP contribution in [0.2, 0.25) is 0 Å². The van der Waals surface area contributed by atoms with E-state index >= 15 is 0 Å². The minimum Gasteiger partial charge on any atom is -0.345 e. The number of thioether (sulfide) groups is 1. The van der Waals surface area contributed by atoms with Crippen LogP contribution in [-0.4, -0.2) is 34.9 Å². The molecule has 0 bridgehead atoms. The molecule has 1 unspecified atom stereocenters. The summed E-state index contributed by atoms with van der Waals surface area (Å²) in [5, 5.41) is 1.17. The summed E-state index contributed by atoms with van der Waals surface area (Å²) in [6, 6.07) is 0. The molecule has 0 spiro atoms. The molecule has 0 aromatic rings. The summed E-state index contributed by atoms with van der Waals surface area (Å²) in [5.74, 6) is 0.295. The molecule has 1 aliphatic heterocycles. The first-order valence-electron chi connectivity index (χ1n) is 3.99. The molecule has 64 valence electrons. The van der Waals surface area contributed by atoms with Crippen LogP contribution in [0.1, 0.15) is 20.3 Å². The Morgan fingerprint density at radius 1 is 1.64 bits per heavy atom. The molecule has 1 rings (SSSR count). The Labute approximate surface area is 72.3 Å². The van der Waals surface area contributed by atoms with Gasteiger partial charge in [-0.15, -0.1) is 0 Å². The number of hydrogen-bond donors (Lipinski definition) is 0. The molecule has 2 nitrogen and oxygen atoms in total. The van der Waals surface area contributed by atoms with Crippen molar-refractivity contribution in [1.82, 2.24) is 4.90 Å². The van der Waals surface area contributed by atoms with Crippen LogP contribution in [0, 0.1) is 0 Å². The molecule has 0 radical (unpaired) electrons. The van der Waals surface area contributed by atoms with E-state index < -0.39 is 0 Å². The average Bonchev–Trinajstić information content (AvgIpc) is 2.10. The van der Waals surface area contributed by atoms with Gasteiger partial charge < -0.3 is 4.90 Å². The topological polar surface area (TPSA) is 20.3 Å². The Morgan fingerprint density at radius 3 is 2.64 bits per heavy atom. The van der Waals surface area contributed by atoms with Gasteiger partial charge in [0.15, 0.2) is 0 Å². The highest BCUT2D eigenvalue weighted by Gasteiger charge is 2.27. The van der Waals surface area contributed by atoms with Crippen LogP contribution in [0.5, 0.6) is 0 Å². The first-order valence-corrected chi connectivity index (χ1v) is 4.93. The molecule has 1 aliphatic rings. The zero-order valence-electron chi connectivity index (χ0n) is 7.33. The van der Waals surface area contributed by atoms with Gasteiger partial charge in [-0.2, -0.15) is 11.8 Å². The fourth-order valence-corrected chi connectivity index (χ4v) is 2.62. The fourth-order valence-electron chi connectivity index (χ4n) is 1.30. The van der Waals surface area contributed by atoms with E-state index in [1.807, 2.05) is 23.7 Å². The van der Waals surface area contributed by atoms with E-state index in [9.17, 15) is 4.79 Å². The number of amides is 1. The number of hydrogen-bond acceptors (Lipinski definition) is 2. The molecular formula is C8H15NOS. The summed E-state index contributed by atoms with van der Waals surface area (Å²) in [4.78, 5) is 12.9. The Morgan fingerprint density at radius 2 is 2.27 bits per heavy atom. The third-order valence-corrected chi connectivity index (χ3v) is 3.02. The number of carbonyl (C=O) groups is 1. The SMILES string of the molecule is CC(C)SC1CC(=O)N(C)C1. The minimum absolute atomic E-state index is 0.295. The monoisotopic (exact) mass is 173 g/mol. The number of likely N-dealkylation sites (tertiary alicyclic amines) is 1. The molecule has 1 atom stereocenters. The van der Waals surface area contributed by atoms with E-state index in [2.05, 4.69) is 13.8 Å². The van der Waals surface area contributed by atoms with Gasteiger partial charge in [0, 0.05) is 25.3 Å². The van der Waals surface area contributed by atoms with Crippen molar-refractivity contribution in [3.63, 3.8) is 0 Å². The van der Waals surface area contributed by atoms with Gasteiger partial charge in [0.1, 0.15) is 0 Å². The summed E-state index contributed by atoms with van der Waals surface area (Å²) in [5.41, 5.74) is 0. The van der Waals surface area contributed by atoms with Crippen LogP contribution in [0.15, 0.2) is 0 Å². The van der Waals surface area contributed by atoms with Gasteiger partial charge in [-0.05, 0) is 5.25 Å². The van der Waals surface area contributed by atoms with Crippen LogP contribution < -0.4 is 0 Å². The Bertz CT molecular complexity index is 158. The van der Waals surface area contributed by atoms with Crippen molar-refractivity contribution in [3.8, 4) is 0 Å². The van der Waals surface area contributed by atoms with Crippen molar-refractivity contribution in [2.45, 2.75) is 30.8 Å². The Balaban J connectivity index is 2.35. The molecule has 1 heterocycles. The molecule has 0 aromatic carbocycles. The Kier molecular flexibility index (Phi) is 2.82. The number of nitrogens with zero attached hydrogens (tertiary/aromatic N) is 1. The van der Waals surface area contributed by atoms with E-state index in [0.717, 1.165) is 13.0 Å². The van der Waals surface area contributed by atoms with Gasteiger partial charge in [0.2, 0.25) is 5.91 Å². The molecule has 1 fully saturated rings. The van der Waals surface area contributed by atoms with Crippen molar-refractivity contribution in [1.29, 1.82) is 0 Å². The second kappa shape index (κ2) is 3.48. The summed E-state index contributed by atoms with van der Waals surface area (Å²) in [6.45, 7) is 5.28. The van der Waals surface area contributed by atoms with Crippen LogP contribution in [0.25, 0.3) is 0 Å². The lowest BCUT2D eigenvalue weighted by molar-refractivity contribution is -0.126. The molecule has 1 saturated heterocycles. The first-order chi connectivity index (χ1) is 5.09. The predicted molar refractivity (Wildman–Crippen MR) is 48.8 cm³/mol. The lowest BCUT2D eigenvalue weighted by Crippen LogP contribution is -2.19. The molecule has 11 heavy (non-hydrogen) atoms. The van der Waals surface area contributed by atoms with E-state index in [4.69, 9.17) is 0 Å². The second-order valence-electron chi connectivity index (χ2n) is 3.29. The zero-order chi connectivity index (χ0) is 8.43. The largest absolute Gasteiger partial charge is 0.345 e. The first kappa shape index (κ1) is 8.91. The van der Waals surface area contributed by atoms with E-state index in [-0.39, 0.29) is 0 Å². The third kappa shape index (κ3) is 2.40. The standard InChI is InChI=1S/C8H15NOS/c1-6(2)11-7-4-8(10)9(3)5-7/h6-7H,4-5H2,1-3H3. The van der Waals surface area contributed by atoms with Crippen molar-refractivity contribution in [3.05, 3.63) is 0 Å². The van der Waals surface area contributed by atoms with Gasteiger partial charge in [0.25, 0.3) is 0 Å². The van der Waals surface area contributed by atoms with Gasteiger partial charge in [-0.1, -0.05) is 13.8 Å². The number of rotatable bonds is 2. The second-order valence-corrected chi connectivity index (χ2v) is 5.17. The summed E-state index contributed by atoms with van der Waals surface area (Å²) in [6.07, 6.45) is 0.735. The highest BCUT2D eigenvalue weighted by Crippen LogP contribution is 2.25. The average molecular weight is 173 g/mol. The Hall–Kier alpha value is -0.180. The van der Waals surface area contributed by atoms with E-state index in [1.165, 1.54) is 0 Å². The highest BCUT2D eigenvalue weighted by atomic mass is 32.2. The fraction of sp³-hybridized carbons (Fsp3) is 0.875. The third-order valence-electron chi connectivity index (χ3n) is 1.77. The molecular weight excluding hydrogens is 158 g/mol. The van der Waals surface area contributed by atoms with Gasteiger partial charge in [-0.25, -0.2) is 0 Å². The summed E-state index contributed by atoms with van der Waals surface area (Å²) < 4.78 is 0. The molecule has 3 heteroatoms. The van der Waals surface area contributed by atoms with Crippen molar-refractivity contribution in [2.75, 3.05) is 13.6 Å². The minimum atomic E-state index is 0.295. The molecule has 1 amide bonds. The van der Waals surface area contributed by atoms with E-state index in [0.29, 0.717) is 16.4 Å². The smallest absolute Gasteiger partial charge is 0.223 e. The quantitative estimate of drug-likeness (QED) is 0.628. The van der Waals surface area contributed by atoms with Crippen molar-refractivity contribution >= 4 is 17.7 Å². The van der Waals surface area contributed by atoms with Crippen molar-refractivity contribution in [2.24, 2.45) is 0 Å². The predicted octanol–water partition coefficient (Wildman–Crippen LogP) is 1.36. The maximum absolute atomic E-state index is 11.1. The lowest BCUT2D eigenvalue weighted by atomic mass is 10.4. The van der Waals surface area contributed by atoms with E-state index in [1.54, 1.807) is 0 Å². The maximum Gasteiger partial charge on any atom is 0.223 e.